The Kier molecular flexibility index (Phi) is 3.47. The van der Waals surface area contributed by atoms with Crippen LogP contribution in [0.1, 0.15) is 19.3 Å². The highest BCUT2D eigenvalue weighted by atomic mass is 14.8. The van der Waals surface area contributed by atoms with Gasteiger partial charge < -0.3 is 11.1 Å². The molecule has 0 amide bonds. The largest absolute Gasteiger partial charge is 0.327 e. The number of hydrogen-bond acceptors (Lipinski definition) is 2. The second-order valence-corrected chi connectivity index (χ2v) is 2.70. The summed E-state index contributed by atoms with van der Waals surface area (Å²) in [4.78, 5) is 0. The van der Waals surface area contributed by atoms with Crippen molar-refractivity contribution >= 4 is 0 Å². The van der Waals surface area contributed by atoms with E-state index in [-0.39, 0.29) is 0 Å². The Morgan fingerprint density at radius 2 is 2.30 bits per heavy atom. The fourth-order valence-electron chi connectivity index (χ4n) is 1.31. The van der Waals surface area contributed by atoms with E-state index in [1.165, 1.54) is 31.4 Å². The van der Waals surface area contributed by atoms with Crippen molar-refractivity contribution in [3.63, 3.8) is 0 Å². The molecule has 0 aliphatic carbocycles. The standard InChI is InChI=1S/C8H16N2/c9-5-3-8-2-1-6-10-7-4-8/h3,10H,1-2,4-7,9H2/b8-3+. The van der Waals surface area contributed by atoms with Crippen molar-refractivity contribution in [1.29, 1.82) is 0 Å². The second-order valence-electron chi connectivity index (χ2n) is 2.70. The molecule has 0 spiro atoms. The van der Waals surface area contributed by atoms with Crippen LogP contribution in [-0.2, 0) is 0 Å². The van der Waals surface area contributed by atoms with Crippen LogP contribution in [0.5, 0.6) is 0 Å². The highest BCUT2D eigenvalue weighted by Gasteiger charge is 2.01. The lowest BCUT2D eigenvalue weighted by molar-refractivity contribution is 0.703. The molecule has 0 radical (unpaired) electrons. The Labute approximate surface area is 62.5 Å². The zero-order chi connectivity index (χ0) is 7.23. The van der Waals surface area contributed by atoms with Gasteiger partial charge in [0.2, 0.25) is 0 Å². The van der Waals surface area contributed by atoms with Crippen molar-refractivity contribution in [2.24, 2.45) is 5.73 Å². The normalized spacial score (nSPS) is 24.7. The zero-order valence-corrected chi connectivity index (χ0v) is 6.40. The molecule has 1 heterocycles. The van der Waals surface area contributed by atoms with Crippen molar-refractivity contribution in [3.8, 4) is 0 Å². The van der Waals surface area contributed by atoms with Gasteiger partial charge in [0.25, 0.3) is 0 Å². The molecule has 0 bridgehead atoms. The van der Waals surface area contributed by atoms with Crippen molar-refractivity contribution in [2.45, 2.75) is 19.3 Å². The van der Waals surface area contributed by atoms with E-state index in [0.717, 1.165) is 6.54 Å². The van der Waals surface area contributed by atoms with E-state index in [1.807, 2.05) is 0 Å². The molecular formula is C8H16N2. The fraction of sp³-hybridized carbons (Fsp3) is 0.750. The van der Waals surface area contributed by atoms with Crippen LogP contribution in [0.3, 0.4) is 0 Å². The quantitative estimate of drug-likeness (QED) is 0.525. The van der Waals surface area contributed by atoms with Gasteiger partial charge in [-0.05, 0) is 32.4 Å². The van der Waals surface area contributed by atoms with Gasteiger partial charge in [0.05, 0.1) is 0 Å². The van der Waals surface area contributed by atoms with Crippen LogP contribution in [0.25, 0.3) is 0 Å². The van der Waals surface area contributed by atoms with Gasteiger partial charge in [-0.15, -0.1) is 0 Å². The average molecular weight is 140 g/mol. The molecule has 1 rings (SSSR count). The van der Waals surface area contributed by atoms with Crippen LogP contribution < -0.4 is 11.1 Å². The van der Waals surface area contributed by atoms with Crippen LogP contribution in [0.15, 0.2) is 11.6 Å². The van der Waals surface area contributed by atoms with E-state index < -0.39 is 0 Å². The third-order valence-electron chi connectivity index (χ3n) is 1.88. The van der Waals surface area contributed by atoms with Crippen molar-refractivity contribution < 1.29 is 0 Å². The monoisotopic (exact) mass is 140 g/mol. The molecule has 2 nitrogen and oxygen atoms in total. The molecule has 0 atom stereocenters. The minimum absolute atomic E-state index is 0.704. The van der Waals surface area contributed by atoms with Gasteiger partial charge in [-0.25, -0.2) is 0 Å². The van der Waals surface area contributed by atoms with E-state index in [9.17, 15) is 0 Å². The van der Waals surface area contributed by atoms with Crippen LogP contribution in [0.2, 0.25) is 0 Å². The molecule has 0 saturated carbocycles. The van der Waals surface area contributed by atoms with Crippen LogP contribution >= 0.6 is 0 Å². The summed E-state index contributed by atoms with van der Waals surface area (Å²) >= 11 is 0. The smallest absolute Gasteiger partial charge is 0.0109 e. The minimum Gasteiger partial charge on any atom is -0.327 e. The molecule has 2 heteroatoms. The van der Waals surface area contributed by atoms with E-state index in [0.29, 0.717) is 6.54 Å². The topological polar surface area (TPSA) is 38.0 Å². The van der Waals surface area contributed by atoms with E-state index in [2.05, 4.69) is 11.4 Å². The Morgan fingerprint density at radius 1 is 1.40 bits per heavy atom. The maximum Gasteiger partial charge on any atom is 0.0109 e. The first-order valence-electron chi connectivity index (χ1n) is 4.02. The number of rotatable bonds is 1. The van der Waals surface area contributed by atoms with E-state index in [1.54, 1.807) is 0 Å². The SMILES string of the molecule is NC/C=C1\CCCNCC1. The van der Waals surface area contributed by atoms with Gasteiger partial charge in [-0.3, -0.25) is 0 Å². The Balaban J connectivity index is 2.35. The van der Waals surface area contributed by atoms with Crippen molar-refractivity contribution in [2.75, 3.05) is 19.6 Å². The van der Waals surface area contributed by atoms with Gasteiger partial charge in [0.1, 0.15) is 0 Å². The summed E-state index contributed by atoms with van der Waals surface area (Å²) in [6, 6.07) is 0. The second kappa shape index (κ2) is 4.47. The lowest BCUT2D eigenvalue weighted by atomic mass is 10.1. The molecule has 0 aromatic carbocycles. The fourth-order valence-corrected chi connectivity index (χ4v) is 1.31. The van der Waals surface area contributed by atoms with Crippen molar-refractivity contribution in [1.82, 2.24) is 5.32 Å². The first-order valence-corrected chi connectivity index (χ1v) is 4.02. The minimum atomic E-state index is 0.704. The maximum atomic E-state index is 5.41. The molecule has 1 fully saturated rings. The van der Waals surface area contributed by atoms with Gasteiger partial charge in [0.15, 0.2) is 0 Å². The average Bonchev–Trinajstić information content (AvgIpc) is 2.17. The molecular weight excluding hydrogens is 124 g/mol. The predicted octanol–water partition coefficient (Wildman–Crippen LogP) is 0.645. The summed E-state index contributed by atoms with van der Waals surface area (Å²) in [5.74, 6) is 0. The first kappa shape index (κ1) is 7.76. The molecule has 0 aromatic rings. The highest BCUT2D eigenvalue weighted by molar-refractivity contribution is 5.04. The van der Waals surface area contributed by atoms with Crippen LogP contribution in [0, 0.1) is 0 Å². The Bertz CT molecular complexity index is 108. The lowest BCUT2D eigenvalue weighted by Gasteiger charge is -1.98. The first-order chi connectivity index (χ1) is 4.93. The molecule has 58 valence electrons. The lowest BCUT2D eigenvalue weighted by Crippen LogP contribution is -2.13. The van der Waals surface area contributed by atoms with E-state index >= 15 is 0 Å². The van der Waals surface area contributed by atoms with E-state index in [4.69, 9.17) is 5.73 Å². The zero-order valence-electron chi connectivity index (χ0n) is 6.40. The number of nitrogens with two attached hydrogens (primary N) is 1. The Morgan fingerprint density at radius 3 is 3.10 bits per heavy atom. The summed E-state index contributed by atoms with van der Waals surface area (Å²) in [6.45, 7) is 3.00. The molecule has 1 aliphatic heterocycles. The van der Waals surface area contributed by atoms with Crippen LogP contribution in [-0.4, -0.2) is 19.6 Å². The van der Waals surface area contributed by atoms with Gasteiger partial charge in [0, 0.05) is 6.54 Å². The Hall–Kier alpha value is -0.340. The van der Waals surface area contributed by atoms with Gasteiger partial charge in [-0.2, -0.15) is 0 Å². The predicted molar refractivity (Wildman–Crippen MR) is 43.9 cm³/mol. The summed E-state index contributed by atoms with van der Waals surface area (Å²) in [7, 11) is 0. The number of hydrogen-bond donors (Lipinski definition) is 2. The molecule has 10 heavy (non-hydrogen) atoms. The molecule has 1 saturated heterocycles. The molecule has 1 aliphatic rings. The summed E-state index contributed by atoms with van der Waals surface area (Å²) in [6.07, 6.45) is 5.86. The third-order valence-corrected chi connectivity index (χ3v) is 1.88. The molecule has 0 aromatic heterocycles. The maximum absolute atomic E-state index is 5.41. The van der Waals surface area contributed by atoms with Crippen LogP contribution in [0.4, 0.5) is 0 Å². The van der Waals surface area contributed by atoms with Crippen molar-refractivity contribution in [3.05, 3.63) is 11.6 Å². The number of nitrogens with one attached hydrogen (secondary N) is 1. The third kappa shape index (κ3) is 2.50. The van der Waals surface area contributed by atoms with Gasteiger partial charge >= 0.3 is 0 Å². The van der Waals surface area contributed by atoms with Gasteiger partial charge in [-0.1, -0.05) is 11.6 Å². The molecule has 0 unspecified atom stereocenters. The summed E-state index contributed by atoms with van der Waals surface area (Å²) in [5, 5.41) is 3.35. The molecule has 3 N–H and O–H groups in total. The summed E-state index contributed by atoms with van der Waals surface area (Å²) < 4.78 is 0. The summed E-state index contributed by atoms with van der Waals surface area (Å²) in [5.41, 5.74) is 6.95. The highest BCUT2D eigenvalue weighted by Crippen LogP contribution is 2.10.